The molecule has 0 spiro atoms. The molecule has 0 bridgehead atoms. The first-order valence-electron chi connectivity index (χ1n) is 10.1. The first-order valence-corrected chi connectivity index (χ1v) is 10.1. The van der Waals surface area contributed by atoms with Gasteiger partial charge >= 0.3 is 6.01 Å². The van der Waals surface area contributed by atoms with Gasteiger partial charge in [-0.2, -0.15) is 0 Å². The van der Waals surface area contributed by atoms with Crippen LogP contribution in [0.5, 0.6) is 0 Å². The molecule has 0 radical (unpaired) electrons. The van der Waals surface area contributed by atoms with Gasteiger partial charge in [0.2, 0.25) is 5.89 Å². The summed E-state index contributed by atoms with van der Waals surface area (Å²) in [4.78, 5) is 21.0. The highest BCUT2D eigenvalue weighted by molar-refractivity contribution is 5.92. The van der Waals surface area contributed by atoms with Crippen molar-refractivity contribution in [1.29, 1.82) is 0 Å². The molecule has 1 amide bonds. The van der Waals surface area contributed by atoms with Gasteiger partial charge in [-0.1, -0.05) is 17.2 Å². The van der Waals surface area contributed by atoms with E-state index in [1.54, 1.807) is 6.07 Å². The third-order valence-corrected chi connectivity index (χ3v) is 5.25. The number of allylic oxidation sites excluding steroid dienone is 1. The van der Waals surface area contributed by atoms with Crippen molar-refractivity contribution < 1.29 is 9.21 Å². The fraction of sp³-hybridized carbons (Fsp3) is 0.318. The number of amides is 1. The second-order valence-electron chi connectivity index (χ2n) is 8.05. The molecule has 30 heavy (non-hydrogen) atoms. The Hall–Kier alpha value is -3.55. The molecule has 2 heterocycles. The van der Waals surface area contributed by atoms with Crippen LogP contribution >= 0.6 is 0 Å². The minimum atomic E-state index is -0.538. The number of benzene rings is 1. The predicted octanol–water partition coefficient (Wildman–Crippen LogP) is 3.31. The normalized spacial score (nSPS) is 15.2. The van der Waals surface area contributed by atoms with Crippen LogP contribution in [0.1, 0.15) is 65.7 Å². The number of carbonyl (C=O) groups excluding carboxylic acids is 1. The Balaban J connectivity index is 1.52. The summed E-state index contributed by atoms with van der Waals surface area (Å²) in [5.41, 5.74) is 10.6. The van der Waals surface area contributed by atoms with Gasteiger partial charge in [-0.05, 0) is 62.4 Å². The Morgan fingerprint density at radius 2 is 2.03 bits per heavy atom. The highest BCUT2D eigenvalue weighted by Crippen LogP contribution is 2.40. The van der Waals surface area contributed by atoms with Crippen molar-refractivity contribution in [2.45, 2.75) is 45.1 Å². The van der Waals surface area contributed by atoms with Crippen molar-refractivity contribution in [1.82, 2.24) is 20.2 Å². The molecule has 2 aromatic heterocycles. The number of nitrogens with two attached hydrogens (primary N) is 1. The SMILES string of the molecule is CC(C)Nc1nnc(-c2ccc3c(c2)C(c2nc(C(N)=O)cc(C4CC4)n2)=CC3)o1. The summed E-state index contributed by atoms with van der Waals surface area (Å²) in [6.07, 6.45) is 5.03. The van der Waals surface area contributed by atoms with Gasteiger partial charge < -0.3 is 15.5 Å². The fourth-order valence-electron chi connectivity index (χ4n) is 3.62. The predicted molar refractivity (Wildman–Crippen MR) is 112 cm³/mol. The molecule has 0 atom stereocenters. The molecule has 2 aliphatic rings. The number of rotatable bonds is 6. The molecule has 8 nitrogen and oxygen atoms in total. The maximum absolute atomic E-state index is 11.8. The summed E-state index contributed by atoms with van der Waals surface area (Å²) in [6, 6.07) is 8.34. The average molecular weight is 402 g/mol. The van der Waals surface area contributed by atoms with Crippen molar-refractivity contribution >= 4 is 17.5 Å². The first kappa shape index (κ1) is 18.5. The zero-order valence-electron chi connectivity index (χ0n) is 16.8. The van der Waals surface area contributed by atoms with Gasteiger partial charge in [-0.25, -0.2) is 9.97 Å². The Labute approximate surface area is 173 Å². The van der Waals surface area contributed by atoms with E-state index in [1.165, 1.54) is 0 Å². The molecule has 152 valence electrons. The Morgan fingerprint density at radius 1 is 1.20 bits per heavy atom. The van der Waals surface area contributed by atoms with Crippen molar-refractivity contribution in [3.63, 3.8) is 0 Å². The number of fused-ring (bicyclic) bond motifs is 1. The Bertz CT molecular complexity index is 1180. The molecule has 1 fully saturated rings. The van der Waals surface area contributed by atoms with E-state index < -0.39 is 5.91 Å². The minimum absolute atomic E-state index is 0.197. The summed E-state index contributed by atoms with van der Waals surface area (Å²) in [5.74, 6) is 0.835. The molecule has 3 aromatic rings. The summed E-state index contributed by atoms with van der Waals surface area (Å²) in [5, 5.41) is 11.3. The third kappa shape index (κ3) is 3.45. The second kappa shape index (κ2) is 7.05. The van der Waals surface area contributed by atoms with E-state index in [4.69, 9.17) is 15.1 Å². The number of nitrogens with zero attached hydrogens (tertiary/aromatic N) is 4. The lowest BCUT2D eigenvalue weighted by atomic mass is 10.0. The number of aromatic nitrogens is 4. The lowest BCUT2D eigenvalue weighted by molar-refractivity contribution is 0.0995. The topological polar surface area (TPSA) is 120 Å². The first-order chi connectivity index (χ1) is 14.5. The van der Waals surface area contributed by atoms with Crippen LogP contribution in [0.15, 0.2) is 34.8 Å². The molecule has 8 heteroatoms. The van der Waals surface area contributed by atoms with Crippen molar-refractivity contribution in [3.05, 3.63) is 58.7 Å². The van der Waals surface area contributed by atoms with E-state index in [2.05, 4.69) is 26.6 Å². The van der Waals surface area contributed by atoms with Gasteiger partial charge in [-0.15, -0.1) is 5.10 Å². The molecule has 3 N–H and O–H groups in total. The quantitative estimate of drug-likeness (QED) is 0.649. The number of primary amides is 1. The fourth-order valence-corrected chi connectivity index (χ4v) is 3.62. The molecule has 1 aromatic carbocycles. The zero-order valence-corrected chi connectivity index (χ0v) is 16.8. The number of hydrogen-bond donors (Lipinski definition) is 2. The number of carbonyl (C=O) groups is 1. The molecular weight excluding hydrogens is 380 g/mol. The van der Waals surface area contributed by atoms with Crippen LogP contribution in [0.3, 0.4) is 0 Å². The van der Waals surface area contributed by atoms with Gasteiger partial charge in [0.15, 0.2) is 5.82 Å². The molecule has 1 saturated carbocycles. The Kier molecular flexibility index (Phi) is 4.34. The largest absolute Gasteiger partial charge is 0.403 e. The van der Waals surface area contributed by atoms with Gasteiger partial charge in [0, 0.05) is 28.8 Å². The summed E-state index contributed by atoms with van der Waals surface area (Å²) in [6.45, 7) is 4.01. The number of hydrogen-bond acceptors (Lipinski definition) is 7. The zero-order chi connectivity index (χ0) is 20.8. The number of nitrogens with one attached hydrogen (secondary N) is 1. The lowest BCUT2D eigenvalue weighted by Crippen LogP contribution is -2.15. The molecule has 0 unspecified atom stereocenters. The van der Waals surface area contributed by atoms with Crippen LogP contribution in [-0.4, -0.2) is 32.1 Å². The lowest BCUT2D eigenvalue weighted by Gasteiger charge is -2.09. The van der Waals surface area contributed by atoms with Crippen molar-refractivity contribution in [2.24, 2.45) is 5.73 Å². The summed E-state index contributed by atoms with van der Waals surface area (Å²) < 4.78 is 5.75. The van der Waals surface area contributed by atoms with Crippen LogP contribution in [0.4, 0.5) is 6.01 Å². The van der Waals surface area contributed by atoms with E-state index in [9.17, 15) is 4.79 Å². The van der Waals surface area contributed by atoms with Crippen LogP contribution in [0.25, 0.3) is 17.0 Å². The third-order valence-electron chi connectivity index (χ3n) is 5.25. The van der Waals surface area contributed by atoms with E-state index in [-0.39, 0.29) is 11.7 Å². The molecule has 2 aliphatic carbocycles. The standard InChI is InChI=1S/C22H22N6O2/c1-11(2)24-22-28-27-21(30-22)14-6-3-12-7-8-15(16(12)9-14)20-25-17(13-4-5-13)10-18(26-20)19(23)29/h3,6,8-11,13H,4-5,7H2,1-2H3,(H2,23,29)(H,24,28). The highest BCUT2D eigenvalue weighted by atomic mass is 16.4. The second-order valence-corrected chi connectivity index (χ2v) is 8.05. The van der Waals surface area contributed by atoms with E-state index in [0.29, 0.717) is 23.6 Å². The van der Waals surface area contributed by atoms with E-state index >= 15 is 0 Å². The summed E-state index contributed by atoms with van der Waals surface area (Å²) in [7, 11) is 0. The van der Waals surface area contributed by atoms with Crippen LogP contribution in [0.2, 0.25) is 0 Å². The van der Waals surface area contributed by atoms with Crippen LogP contribution < -0.4 is 11.1 Å². The average Bonchev–Trinajstić information content (AvgIpc) is 3.33. The van der Waals surface area contributed by atoms with Crippen molar-refractivity contribution in [3.8, 4) is 11.5 Å². The molecule has 5 rings (SSSR count). The maximum atomic E-state index is 11.8. The summed E-state index contributed by atoms with van der Waals surface area (Å²) >= 11 is 0. The molecule has 0 saturated heterocycles. The highest BCUT2D eigenvalue weighted by Gasteiger charge is 2.28. The van der Waals surface area contributed by atoms with Gasteiger partial charge in [0.1, 0.15) is 5.69 Å². The van der Waals surface area contributed by atoms with Gasteiger partial charge in [0.25, 0.3) is 5.91 Å². The van der Waals surface area contributed by atoms with E-state index in [1.807, 2.05) is 32.0 Å². The van der Waals surface area contributed by atoms with E-state index in [0.717, 1.165) is 47.2 Å². The van der Waals surface area contributed by atoms with Gasteiger partial charge in [-0.3, -0.25) is 4.79 Å². The van der Waals surface area contributed by atoms with Crippen LogP contribution in [0, 0.1) is 0 Å². The minimum Gasteiger partial charge on any atom is -0.403 e. The van der Waals surface area contributed by atoms with Crippen LogP contribution in [-0.2, 0) is 6.42 Å². The maximum Gasteiger partial charge on any atom is 0.315 e. The molecular formula is C22H22N6O2. The Morgan fingerprint density at radius 3 is 2.77 bits per heavy atom. The van der Waals surface area contributed by atoms with Gasteiger partial charge in [0.05, 0.1) is 0 Å². The molecule has 0 aliphatic heterocycles. The number of anilines is 1. The monoisotopic (exact) mass is 402 g/mol. The smallest absolute Gasteiger partial charge is 0.315 e. The van der Waals surface area contributed by atoms with Crippen molar-refractivity contribution in [2.75, 3.05) is 5.32 Å².